The van der Waals surface area contributed by atoms with Crippen LogP contribution in [-0.2, 0) is 10.2 Å². The van der Waals surface area contributed by atoms with Crippen LogP contribution >= 0.6 is 0 Å². The molecule has 5 nitrogen and oxygen atoms in total. The third kappa shape index (κ3) is 3.04. The maximum Gasteiger partial charge on any atom is 0.282 e. The van der Waals surface area contributed by atoms with Gasteiger partial charge in [0.15, 0.2) is 0 Å². The molecule has 0 aromatic rings. The molecule has 0 saturated carbocycles. The van der Waals surface area contributed by atoms with Crippen molar-refractivity contribution in [3.8, 4) is 0 Å². The average molecular weight is 275 g/mol. The predicted octanol–water partition coefficient (Wildman–Crippen LogP) is 0.920. The molecule has 2 aliphatic heterocycles. The first kappa shape index (κ1) is 14.2. The highest BCUT2D eigenvalue weighted by molar-refractivity contribution is 7.86. The van der Waals surface area contributed by atoms with Crippen LogP contribution in [0.25, 0.3) is 0 Å². The van der Waals surface area contributed by atoms with E-state index in [4.69, 9.17) is 5.73 Å². The molecule has 0 bridgehead atoms. The van der Waals surface area contributed by atoms with Gasteiger partial charge in [-0.1, -0.05) is 19.3 Å². The van der Waals surface area contributed by atoms with Gasteiger partial charge in [0.2, 0.25) is 0 Å². The van der Waals surface area contributed by atoms with Gasteiger partial charge in [0, 0.05) is 32.2 Å². The van der Waals surface area contributed by atoms with Crippen molar-refractivity contribution < 1.29 is 8.42 Å². The fourth-order valence-corrected chi connectivity index (χ4v) is 4.88. The number of piperidine rings is 1. The lowest BCUT2D eigenvalue weighted by Gasteiger charge is -2.35. The zero-order valence-corrected chi connectivity index (χ0v) is 11.9. The van der Waals surface area contributed by atoms with E-state index in [-0.39, 0.29) is 6.04 Å². The molecule has 0 aromatic carbocycles. The summed E-state index contributed by atoms with van der Waals surface area (Å²) in [5.41, 5.74) is 5.76. The lowest BCUT2D eigenvalue weighted by molar-refractivity contribution is 0.270. The topological polar surface area (TPSA) is 66.6 Å². The van der Waals surface area contributed by atoms with Gasteiger partial charge in [-0.3, -0.25) is 0 Å². The highest BCUT2D eigenvalue weighted by Gasteiger charge is 2.35. The quantitative estimate of drug-likeness (QED) is 0.833. The Morgan fingerprint density at radius 1 is 0.944 bits per heavy atom. The second-order valence-electron chi connectivity index (χ2n) is 5.32. The van der Waals surface area contributed by atoms with Crippen molar-refractivity contribution in [1.82, 2.24) is 8.61 Å². The van der Waals surface area contributed by atoms with E-state index in [2.05, 4.69) is 0 Å². The van der Waals surface area contributed by atoms with E-state index in [1.54, 1.807) is 8.61 Å². The Morgan fingerprint density at radius 3 is 2.22 bits per heavy atom. The highest BCUT2D eigenvalue weighted by Crippen LogP contribution is 2.23. The van der Waals surface area contributed by atoms with Crippen molar-refractivity contribution in [3.63, 3.8) is 0 Å². The number of hydrogen-bond acceptors (Lipinski definition) is 3. The van der Waals surface area contributed by atoms with Gasteiger partial charge in [-0.05, 0) is 25.7 Å². The lowest BCUT2D eigenvalue weighted by Crippen LogP contribution is -2.51. The molecule has 0 spiro atoms. The number of nitrogens with zero attached hydrogens (tertiary/aromatic N) is 2. The third-order valence-electron chi connectivity index (χ3n) is 4.03. The fraction of sp³-hybridized carbons (Fsp3) is 1.00. The number of nitrogens with two attached hydrogens (primary N) is 1. The van der Waals surface area contributed by atoms with Crippen molar-refractivity contribution in [3.05, 3.63) is 0 Å². The van der Waals surface area contributed by atoms with Gasteiger partial charge in [0.05, 0.1) is 0 Å². The van der Waals surface area contributed by atoms with Gasteiger partial charge >= 0.3 is 0 Å². The van der Waals surface area contributed by atoms with Crippen molar-refractivity contribution in [2.45, 2.75) is 51.0 Å². The Hall–Kier alpha value is -0.170. The summed E-state index contributed by atoms with van der Waals surface area (Å²) >= 11 is 0. The summed E-state index contributed by atoms with van der Waals surface area (Å²) in [4.78, 5) is 0. The third-order valence-corrected chi connectivity index (χ3v) is 6.12. The molecule has 2 fully saturated rings. The van der Waals surface area contributed by atoms with Crippen LogP contribution in [0.4, 0.5) is 0 Å². The predicted molar refractivity (Wildman–Crippen MR) is 72.4 cm³/mol. The molecule has 0 aliphatic carbocycles. The molecule has 6 heteroatoms. The Balaban J connectivity index is 2.14. The minimum atomic E-state index is -3.28. The summed E-state index contributed by atoms with van der Waals surface area (Å²) in [5, 5.41) is 0. The van der Waals surface area contributed by atoms with E-state index in [0.717, 1.165) is 44.9 Å². The molecule has 0 amide bonds. The zero-order valence-electron chi connectivity index (χ0n) is 11.1. The van der Waals surface area contributed by atoms with Gasteiger partial charge in [0.25, 0.3) is 10.2 Å². The molecule has 0 radical (unpaired) electrons. The summed E-state index contributed by atoms with van der Waals surface area (Å²) in [6, 6.07) is -0.000531. The van der Waals surface area contributed by atoms with Crippen molar-refractivity contribution in [1.29, 1.82) is 0 Å². The second-order valence-corrected chi connectivity index (χ2v) is 7.20. The average Bonchev–Trinajstić information content (AvgIpc) is 2.65. The van der Waals surface area contributed by atoms with E-state index in [9.17, 15) is 8.42 Å². The summed E-state index contributed by atoms with van der Waals surface area (Å²) < 4.78 is 28.6. The van der Waals surface area contributed by atoms with Gasteiger partial charge in [-0.15, -0.1) is 0 Å². The summed E-state index contributed by atoms with van der Waals surface area (Å²) in [6.07, 6.45) is 7.19. The van der Waals surface area contributed by atoms with Crippen LogP contribution in [0, 0.1) is 0 Å². The van der Waals surface area contributed by atoms with Crippen molar-refractivity contribution in [2.24, 2.45) is 5.73 Å². The molecule has 106 valence electrons. The van der Waals surface area contributed by atoms with Gasteiger partial charge in [-0.2, -0.15) is 17.0 Å². The number of hydrogen-bond donors (Lipinski definition) is 1. The van der Waals surface area contributed by atoms with Crippen LogP contribution in [0.2, 0.25) is 0 Å². The number of rotatable bonds is 3. The van der Waals surface area contributed by atoms with Crippen LogP contribution in [0.5, 0.6) is 0 Å². The molecule has 1 atom stereocenters. The van der Waals surface area contributed by atoms with Crippen molar-refractivity contribution >= 4 is 10.2 Å². The Bertz CT molecular complexity index is 352. The molecule has 2 heterocycles. The van der Waals surface area contributed by atoms with E-state index in [0.29, 0.717) is 26.2 Å². The largest absolute Gasteiger partial charge is 0.329 e. The van der Waals surface area contributed by atoms with Crippen LogP contribution < -0.4 is 5.73 Å². The maximum absolute atomic E-state index is 12.7. The first-order chi connectivity index (χ1) is 8.66. The monoisotopic (exact) mass is 275 g/mol. The molecule has 0 aromatic heterocycles. The molecule has 2 saturated heterocycles. The molecule has 1 unspecified atom stereocenters. The van der Waals surface area contributed by atoms with Gasteiger partial charge in [-0.25, -0.2) is 0 Å². The second kappa shape index (κ2) is 6.32. The molecular formula is C12H25N3O2S. The normalized spacial score (nSPS) is 29.1. The minimum absolute atomic E-state index is 0.000531. The van der Waals surface area contributed by atoms with Crippen LogP contribution in [-0.4, -0.2) is 49.2 Å². The standard InChI is InChI=1S/C12H25N3O2S/c13-11-12-7-3-1-6-10-15(12)18(16,17)14-8-4-2-5-9-14/h12H,1-11,13H2. The summed E-state index contributed by atoms with van der Waals surface area (Å²) in [7, 11) is -3.28. The molecule has 2 aliphatic rings. The van der Waals surface area contributed by atoms with Crippen LogP contribution in [0.15, 0.2) is 0 Å². The fourth-order valence-electron chi connectivity index (χ4n) is 2.93. The first-order valence-corrected chi connectivity index (χ1v) is 8.53. The minimum Gasteiger partial charge on any atom is -0.329 e. The maximum atomic E-state index is 12.7. The molecule has 2 N–H and O–H groups in total. The van der Waals surface area contributed by atoms with Gasteiger partial charge in [0.1, 0.15) is 0 Å². The SMILES string of the molecule is NCC1CCCCCN1S(=O)(=O)N1CCCCC1. The Kier molecular flexibility index (Phi) is 5.00. The molecular weight excluding hydrogens is 250 g/mol. The van der Waals surface area contributed by atoms with Gasteiger partial charge < -0.3 is 5.73 Å². The van der Waals surface area contributed by atoms with E-state index in [1.807, 2.05) is 0 Å². The van der Waals surface area contributed by atoms with E-state index >= 15 is 0 Å². The van der Waals surface area contributed by atoms with E-state index in [1.165, 1.54) is 0 Å². The highest BCUT2D eigenvalue weighted by atomic mass is 32.2. The summed E-state index contributed by atoms with van der Waals surface area (Å²) in [6.45, 7) is 2.43. The van der Waals surface area contributed by atoms with Crippen LogP contribution in [0.1, 0.15) is 44.9 Å². The Labute approximate surface area is 110 Å². The van der Waals surface area contributed by atoms with E-state index < -0.39 is 10.2 Å². The van der Waals surface area contributed by atoms with Crippen molar-refractivity contribution in [2.75, 3.05) is 26.2 Å². The smallest absolute Gasteiger partial charge is 0.282 e. The summed E-state index contributed by atoms with van der Waals surface area (Å²) in [5.74, 6) is 0. The first-order valence-electron chi connectivity index (χ1n) is 7.13. The molecule has 18 heavy (non-hydrogen) atoms. The lowest BCUT2D eigenvalue weighted by atomic mass is 10.1. The molecule has 2 rings (SSSR count). The van der Waals surface area contributed by atoms with Crippen LogP contribution in [0.3, 0.4) is 0 Å². The Morgan fingerprint density at radius 2 is 1.56 bits per heavy atom. The zero-order chi connectivity index (χ0) is 13.0.